The highest BCUT2D eigenvalue weighted by molar-refractivity contribution is 6.31. The van der Waals surface area contributed by atoms with Crippen molar-refractivity contribution >= 4 is 29.1 Å². The molecule has 27 heavy (non-hydrogen) atoms. The molecule has 0 aliphatic carbocycles. The maximum Gasteiger partial charge on any atom is 0.273 e. The van der Waals surface area contributed by atoms with E-state index in [9.17, 15) is 19.7 Å². The number of carbonyl (C=O) groups excluding carboxylic acids is 2. The fraction of sp³-hybridized carbons (Fsp3) is 0.263. The monoisotopic (exact) mass is 389 g/mol. The summed E-state index contributed by atoms with van der Waals surface area (Å²) in [6, 6.07) is 12.3. The molecule has 0 saturated heterocycles. The number of halogens is 1. The van der Waals surface area contributed by atoms with Crippen LogP contribution in [0.1, 0.15) is 18.1 Å². The predicted octanol–water partition coefficient (Wildman–Crippen LogP) is 2.95. The fourth-order valence-corrected chi connectivity index (χ4v) is 2.90. The van der Waals surface area contributed by atoms with Crippen LogP contribution in [0.4, 0.5) is 5.69 Å². The van der Waals surface area contributed by atoms with Crippen LogP contribution in [-0.4, -0.2) is 34.7 Å². The van der Waals surface area contributed by atoms with E-state index in [4.69, 9.17) is 11.6 Å². The molecule has 0 fully saturated rings. The Balaban J connectivity index is 2.32. The number of hydrogen-bond donors (Lipinski definition) is 1. The van der Waals surface area contributed by atoms with Crippen molar-refractivity contribution in [2.75, 3.05) is 7.05 Å². The number of para-hydroxylation sites is 1. The van der Waals surface area contributed by atoms with Gasteiger partial charge in [-0.1, -0.05) is 48.0 Å². The zero-order valence-electron chi connectivity index (χ0n) is 15.0. The predicted molar refractivity (Wildman–Crippen MR) is 102 cm³/mol. The molecule has 1 N–H and O–H groups in total. The first-order valence-corrected chi connectivity index (χ1v) is 8.69. The first-order valence-electron chi connectivity index (χ1n) is 8.32. The Hall–Kier alpha value is -2.93. The molecular weight excluding hydrogens is 370 g/mol. The summed E-state index contributed by atoms with van der Waals surface area (Å²) in [5.74, 6) is -0.738. The fourth-order valence-electron chi connectivity index (χ4n) is 2.70. The molecule has 0 heterocycles. The van der Waals surface area contributed by atoms with Crippen LogP contribution in [0.2, 0.25) is 5.02 Å². The molecule has 2 amide bonds. The molecule has 1 atom stereocenters. The Kier molecular flexibility index (Phi) is 6.90. The number of amides is 2. The number of benzene rings is 2. The molecular formula is C19H20ClN3O4. The lowest BCUT2D eigenvalue weighted by atomic mass is 10.1. The van der Waals surface area contributed by atoms with Crippen molar-refractivity contribution in [3.05, 3.63) is 74.8 Å². The summed E-state index contributed by atoms with van der Waals surface area (Å²) in [5.41, 5.74) is 0.850. The van der Waals surface area contributed by atoms with Gasteiger partial charge >= 0.3 is 0 Å². The molecule has 0 aliphatic heterocycles. The van der Waals surface area contributed by atoms with Gasteiger partial charge < -0.3 is 10.2 Å². The standard InChI is InChI=1S/C19H20ClN3O4/c1-13(19(25)21-2)22(12-15-8-3-5-9-16(15)20)18(24)11-14-7-4-6-10-17(14)23(26)27/h3-10,13H,11-12H2,1-2H3,(H,21,25)/t13-/m0/s1. The minimum Gasteiger partial charge on any atom is -0.357 e. The first-order chi connectivity index (χ1) is 12.8. The number of nitrogens with zero attached hydrogens (tertiary/aromatic N) is 2. The number of carbonyl (C=O) groups is 2. The molecule has 2 aromatic rings. The Bertz CT molecular complexity index is 856. The summed E-state index contributed by atoms with van der Waals surface area (Å²) < 4.78 is 0. The molecule has 7 nitrogen and oxygen atoms in total. The average Bonchev–Trinajstić information content (AvgIpc) is 2.66. The van der Waals surface area contributed by atoms with Crippen molar-refractivity contribution < 1.29 is 14.5 Å². The zero-order valence-corrected chi connectivity index (χ0v) is 15.8. The van der Waals surface area contributed by atoms with E-state index in [1.807, 2.05) is 0 Å². The lowest BCUT2D eigenvalue weighted by Crippen LogP contribution is -2.47. The summed E-state index contributed by atoms with van der Waals surface area (Å²) in [7, 11) is 1.49. The van der Waals surface area contributed by atoms with Gasteiger partial charge in [-0.05, 0) is 18.6 Å². The highest BCUT2D eigenvalue weighted by Crippen LogP contribution is 2.22. The quantitative estimate of drug-likeness (QED) is 0.582. The van der Waals surface area contributed by atoms with Gasteiger partial charge in [0, 0.05) is 30.2 Å². The SMILES string of the molecule is CNC(=O)[C@H](C)N(Cc1ccccc1Cl)C(=O)Cc1ccccc1[N+](=O)[O-]. The number of rotatable bonds is 7. The zero-order chi connectivity index (χ0) is 20.0. The van der Waals surface area contributed by atoms with Crippen LogP contribution in [0.15, 0.2) is 48.5 Å². The minimum atomic E-state index is -0.762. The average molecular weight is 390 g/mol. The smallest absolute Gasteiger partial charge is 0.273 e. The normalized spacial score (nSPS) is 11.5. The highest BCUT2D eigenvalue weighted by Gasteiger charge is 2.27. The van der Waals surface area contributed by atoms with Crippen LogP contribution in [-0.2, 0) is 22.6 Å². The molecule has 0 radical (unpaired) electrons. The Morgan fingerprint density at radius 3 is 2.33 bits per heavy atom. The largest absolute Gasteiger partial charge is 0.357 e. The van der Waals surface area contributed by atoms with Gasteiger partial charge in [0.25, 0.3) is 5.69 Å². The van der Waals surface area contributed by atoms with Crippen molar-refractivity contribution in [1.82, 2.24) is 10.2 Å². The summed E-state index contributed by atoms with van der Waals surface area (Å²) in [4.78, 5) is 37.1. The van der Waals surface area contributed by atoms with Gasteiger partial charge in [0.05, 0.1) is 11.3 Å². The van der Waals surface area contributed by atoms with Crippen molar-refractivity contribution in [3.63, 3.8) is 0 Å². The van der Waals surface area contributed by atoms with Crippen molar-refractivity contribution in [3.8, 4) is 0 Å². The molecule has 0 saturated carbocycles. The molecule has 0 unspecified atom stereocenters. The topological polar surface area (TPSA) is 92.6 Å². The van der Waals surface area contributed by atoms with Crippen molar-refractivity contribution in [1.29, 1.82) is 0 Å². The lowest BCUT2D eigenvalue weighted by molar-refractivity contribution is -0.385. The minimum absolute atomic E-state index is 0.119. The molecule has 142 valence electrons. The molecule has 0 spiro atoms. The van der Waals surface area contributed by atoms with E-state index in [2.05, 4.69) is 5.32 Å². The van der Waals surface area contributed by atoms with E-state index in [-0.39, 0.29) is 24.6 Å². The molecule has 0 bridgehead atoms. The Morgan fingerprint density at radius 2 is 1.74 bits per heavy atom. The lowest BCUT2D eigenvalue weighted by Gasteiger charge is -2.28. The third-order valence-electron chi connectivity index (χ3n) is 4.24. The third kappa shape index (κ3) is 5.04. The maximum atomic E-state index is 12.9. The van der Waals surface area contributed by atoms with Crippen molar-refractivity contribution in [2.45, 2.75) is 25.9 Å². The molecule has 0 aliphatic rings. The van der Waals surface area contributed by atoms with E-state index in [0.717, 1.165) is 0 Å². The van der Waals surface area contributed by atoms with E-state index in [0.29, 0.717) is 16.1 Å². The van der Waals surface area contributed by atoms with Gasteiger partial charge in [-0.25, -0.2) is 0 Å². The van der Waals surface area contributed by atoms with E-state index in [1.54, 1.807) is 43.3 Å². The van der Waals surface area contributed by atoms with Gasteiger partial charge in [-0.2, -0.15) is 0 Å². The number of nitro groups is 1. The second-order valence-electron chi connectivity index (χ2n) is 5.97. The van der Waals surface area contributed by atoms with Crippen LogP contribution < -0.4 is 5.32 Å². The molecule has 2 rings (SSSR count). The number of nitrogens with one attached hydrogen (secondary N) is 1. The van der Waals surface area contributed by atoms with Gasteiger partial charge in [0.1, 0.15) is 6.04 Å². The van der Waals surface area contributed by atoms with Gasteiger partial charge in [0.15, 0.2) is 0 Å². The molecule has 8 heteroatoms. The second-order valence-corrected chi connectivity index (χ2v) is 6.37. The van der Waals surface area contributed by atoms with Crippen LogP contribution in [0, 0.1) is 10.1 Å². The Labute approximate surface area is 162 Å². The van der Waals surface area contributed by atoms with E-state index in [1.165, 1.54) is 24.1 Å². The number of hydrogen-bond acceptors (Lipinski definition) is 4. The summed E-state index contributed by atoms with van der Waals surface area (Å²) >= 11 is 6.19. The molecule has 2 aromatic carbocycles. The second kappa shape index (κ2) is 9.14. The van der Waals surface area contributed by atoms with E-state index >= 15 is 0 Å². The van der Waals surface area contributed by atoms with Crippen LogP contribution in [0.25, 0.3) is 0 Å². The van der Waals surface area contributed by atoms with E-state index < -0.39 is 16.9 Å². The maximum absolute atomic E-state index is 12.9. The van der Waals surface area contributed by atoms with Gasteiger partial charge in [-0.15, -0.1) is 0 Å². The van der Waals surface area contributed by atoms with Crippen LogP contribution >= 0.6 is 11.6 Å². The first kappa shape index (κ1) is 20.4. The van der Waals surface area contributed by atoms with Crippen molar-refractivity contribution in [2.24, 2.45) is 0 Å². The van der Waals surface area contributed by atoms with Crippen LogP contribution in [0.3, 0.4) is 0 Å². The van der Waals surface area contributed by atoms with Crippen LogP contribution in [0.5, 0.6) is 0 Å². The van der Waals surface area contributed by atoms with Gasteiger partial charge in [-0.3, -0.25) is 19.7 Å². The highest BCUT2D eigenvalue weighted by atomic mass is 35.5. The summed E-state index contributed by atoms with van der Waals surface area (Å²) in [5, 5.41) is 14.2. The van der Waals surface area contributed by atoms with Gasteiger partial charge in [0.2, 0.25) is 11.8 Å². The summed E-state index contributed by atoms with van der Waals surface area (Å²) in [6.07, 6.45) is -0.192. The molecule has 0 aromatic heterocycles. The Morgan fingerprint density at radius 1 is 1.15 bits per heavy atom. The third-order valence-corrected chi connectivity index (χ3v) is 4.61. The summed E-state index contributed by atoms with van der Waals surface area (Å²) in [6.45, 7) is 1.72. The number of nitro benzene ring substituents is 1. The number of likely N-dealkylation sites (N-methyl/N-ethyl adjacent to an activating group) is 1.